The highest BCUT2D eigenvalue weighted by Crippen LogP contribution is 2.23. The van der Waals surface area contributed by atoms with Crippen LogP contribution in [0.1, 0.15) is 5.56 Å². The van der Waals surface area contributed by atoms with E-state index in [1.54, 1.807) is 6.07 Å². The molecule has 1 rings (SSSR count). The molecule has 2 nitrogen and oxygen atoms in total. The van der Waals surface area contributed by atoms with Crippen LogP contribution >= 0.6 is 24.4 Å². The molecule has 0 aromatic heterocycles. The van der Waals surface area contributed by atoms with E-state index in [9.17, 15) is 0 Å². The van der Waals surface area contributed by atoms with E-state index >= 15 is 0 Å². The van der Waals surface area contributed by atoms with E-state index in [1.807, 2.05) is 19.1 Å². The lowest BCUT2D eigenvalue weighted by Gasteiger charge is -1.97. The highest BCUT2D eigenvalue weighted by Gasteiger charge is 1.96. The lowest BCUT2D eigenvalue weighted by atomic mass is 10.2. The molecule has 0 spiro atoms. The fourth-order valence-corrected chi connectivity index (χ4v) is 1.09. The van der Waals surface area contributed by atoms with Gasteiger partial charge in [0.1, 0.15) is 0 Å². The van der Waals surface area contributed by atoms with Gasteiger partial charge in [-0.25, -0.2) is 0 Å². The van der Waals surface area contributed by atoms with Crippen LogP contribution < -0.4 is 0 Å². The summed E-state index contributed by atoms with van der Waals surface area (Å²) in [7, 11) is 0. The molecule has 0 bridgehead atoms. The minimum Gasteiger partial charge on any atom is -0.195 e. The molecule has 64 valence electrons. The number of hydrogen-bond acceptors (Lipinski definition) is 4. The van der Waals surface area contributed by atoms with Gasteiger partial charge in [0.2, 0.25) is 0 Å². The zero-order valence-corrected chi connectivity index (χ0v) is 8.58. The van der Waals surface area contributed by atoms with Crippen LogP contribution in [0.25, 0.3) is 0 Å². The Bertz CT molecular complexity index is 414. The van der Waals surface area contributed by atoms with Crippen LogP contribution in [0.4, 0.5) is 11.4 Å². The zero-order chi connectivity index (χ0) is 9.68. The Morgan fingerprint density at radius 2 is 1.85 bits per heavy atom. The summed E-state index contributed by atoms with van der Waals surface area (Å²) in [5, 5.41) is 4.61. The van der Waals surface area contributed by atoms with Gasteiger partial charge in [-0.05, 0) is 49.1 Å². The molecule has 0 radical (unpaired) electrons. The quantitative estimate of drug-likeness (QED) is 0.546. The maximum Gasteiger partial charge on any atom is 0.0790 e. The predicted molar refractivity (Wildman–Crippen MR) is 60.6 cm³/mol. The van der Waals surface area contributed by atoms with Crippen molar-refractivity contribution in [2.24, 2.45) is 9.98 Å². The molecule has 0 saturated carbocycles. The lowest BCUT2D eigenvalue weighted by molar-refractivity contribution is 1.39. The van der Waals surface area contributed by atoms with Crippen molar-refractivity contribution >= 4 is 46.1 Å². The topological polar surface area (TPSA) is 24.7 Å². The molecular weight excluding hydrogens is 200 g/mol. The summed E-state index contributed by atoms with van der Waals surface area (Å²) >= 11 is 9.01. The summed E-state index contributed by atoms with van der Waals surface area (Å²) < 4.78 is 0. The zero-order valence-electron chi connectivity index (χ0n) is 6.94. The van der Waals surface area contributed by atoms with E-state index in [-0.39, 0.29) is 0 Å². The summed E-state index contributed by atoms with van der Waals surface area (Å²) in [5.41, 5.74) is 2.52. The molecule has 1 aromatic carbocycles. The number of benzene rings is 1. The molecule has 4 heteroatoms. The standard InChI is InChI=1S/C9H6N2S2/c1-7-2-3-8(10-5-12)4-9(7)11-6-13/h2-4H,1H3. The number of aliphatic imine (C=N–C) groups is 2. The van der Waals surface area contributed by atoms with Gasteiger partial charge in [0.15, 0.2) is 0 Å². The van der Waals surface area contributed by atoms with Gasteiger partial charge in [-0.1, -0.05) is 6.07 Å². The third-order valence-electron chi connectivity index (χ3n) is 1.53. The minimum atomic E-state index is 0.726. The number of hydrogen-bond donors (Lipinski definition) is 0. The predicted octanol–water partition coefficient (Wildman–Crippen LogP) is 3.46. The Kier molecular flexibility index (Phi) is 3.62. The highest BCUT2D eigenvalue weighted by molar-refractivity contribution is 7.78. The third-order valence-corrected chi connectivity index (χ3v) is 1.72. The van der Waals surface area contributed by atoms with E-state index < -0.39 is 0 Å². The first-order valence-corrected chi connectivity index (χ1v) is 4.36. The Balaban J connectivity index is 3.25. The number of thiocarbonyl (C=S) groups is 2. The van der Waals surface area contributed by atoms with Gasteiger partial charge >= 0.3 is 0 Å². The molecule has 0 aliphatic heterocycles. The third kappa shape index (κ3) is 2.65. The Hall–Kier alpha value is -1.18. The average molecular weight is 206 g/mol. The van der Waals surface area contributed by atoms with Crippen LogP contribution in [0.5, 0.6) is 0 Å². The van der Waals surface area contributed by atoms with Gasteiger partial charge in [0, 0.05) is 0 Å². The highest BCUT2D eigenvalue weighted by atomic mass is 32.1. The molecule has 0 aliphatic carbocycles. The smallest absolute Gasteiger partial charge is 0.0790 e. The minimum absolute atomic E-state index is 0.726. The van der Waals surface area contributed by atoms with Crippen molar-refractivity contribution in [3.05, 3.63) is 23.8 Å². The monoisotopic (exact) mass is 206 g/mol. The van der Waals surface area contributed by atoms with Crippen molar-refractivity contribution in [2.75, 3.05) is 0 Å². The van der Waals surface area contributed by atoms with Crippen LogP contribution in [0.2, 0.25) is 0 Å². The molecule has 0 N–H and O–H groups in total. The molecule has 0 amide bonds. The summed E-state index contributed by atoms with van der Waals surface area (Å²) in [5.74, 6) is 0. The second kappa shape index (κ2) is 4.75. The van der Waals surface area contributed by atoms with Crippen LogP contribution in [-0.2, 0) is 0 Å². The van der Waals surface area contributed by atoms with E-state index in [4.69, 9.17) is 0 Å². The Morgan fingerprint density at radius 3 is 2.46 bits per heavy atom. The first-order chi connectivity index (χ1) is 6.27. The lowest BCUT2D eigenvalue weighted by Crippen LogP contribution is -1.72. The first kappa shape index (κ1) is 9.90. The maximum absolute atomic E-state index is 4.52. The number of isothiocyanates is 2. The molecule has 0 fully saturated rings. The molecular formula is C9H6N2S2. The number of rotatable bonds is 2. The van der Waals surface area contributed by atoms with Gasteiger partial charge < -0.3 is 0 Å². The summed E-state index contributed by atoms with van der Waals surface area (Å²) in [4.78, 5) is 7.73. The van der Waals surface area contributed by atoms with Crippen molar-refractivity contribution in [3.63, 3.8) is 0 Å². The fraction of sp³-hybridized carbons (Fsp3) is 0.111. The molecule has 0 saturated heterocycles. The normalized spacial score (nSPS) is 8.38. The molecule has 13 heavy (non-hydrogen) atoms. The second-order valence-corrected chi connectivity index (χ2v) is 2.74. The van der Waals surface area contributed by atoms with Crippen molar-refractivity contribution in [3.8, 4) is 0 Å². The van der Waals surface area contributed by atoms with Crippen LogP contribution in [0, 0.1) is 6.92 Å². The van der Waals surface area contributed by atoms with Gasteiger partial charge in [0.05, 0.1) is 21.7 Å². The van der Waals surface area contributed by atoms with E-state index in [0.29, 0.717) is 0 Å². The molecule has 0 atom stereocenters. The van der Waals surface area contributed by atoms with E-state index in [2.05, 4.69) is 44.7 Å². The van der Waals surface area contributed by atoms with Gasteiger partial charge in [-0.2, -0.15) is 9.98 Å². The number of aryl methyl sites for hydroxylation is 1. The van der Waals surface area contributed by atoms with Crippen molar-refractivity contribution in [1.82, 2.24) is 0 Å². The summed E-state index contributed by atoms with van der Waals surface area (Å²) in [6.45, 7) is 1.94. The average Bonchev–Trinajstić information content (AvgIpc) is 2.12. The maximum atomic E-state index is 4.52. The van der Waals surface area contributed by atoms with Crippen molar-refractivity contribution in [2.45, 2.75) is 6.92 Å². The van der Waals surface area contributed by atoms with Gasteiger partial charge in [0.25, 0.3) is 0 Å². The van der Waals surface area contributed by atoms with Gasteiger partial charge in [-0.15, -0.1) is 0 Å². The van der Waals surface area contributed by atoms with Crippen LogP contribution in [-0.4, -0.2) is 10.3 Å². The number of nitrogens with zero attached hydrogens (tertiary/aromatic N) is 2. The van der Waals surface area contributed by atoms with E-state index in [1.165, 1.54) is 0 Å². The Labute approximate surface area is 87.0 Å². The van der Waals surface area contributed by atoms with Crippen molar-refractivity contribution in [1.29, 1.82) is 0 Å². The molecule has 0 aliphatic rings. The second-order valence-electron chi connectivity index (χ2n) is 2.38. The van der Waals surface area contributed by atoms with E-state index in [0.717, 1.165) is 16.9 Å². The van der Waals surface area contributed by atoms with Gasteiger partial charge in [-0.3, -0.25) is 0 Å². The largest absolute Gasteiger partial charge is 0.195 e. The fourth-order valence-electron chi connectivity index (χ4n) is 0.890. The molecule has 0 heterocycles. The van der Waals surface area contributed by atoms with Crippen LogP contribution in [0.3, 0.4) is 0 Å². The SMILES string of the molecule is Cc1ccc(N=C=S)cc1N=C=S. The van der Waals surface area contributed by atoms with Crippen molar-refractivity contribution < 1.29 is 0 Å². The Morgan fingerprint density at radius 1 is 1.15 bits per heavy atom. The molecule has 0 unspecified atom stereocenters. The van der Waals surface area contributed by atoms with Crippen LogP contribution in [0.15, 0.2) is 28.2 Å². The summed E-state index contributed by atoms with van der Waals surface area (Å²) in [6, 6.07) is 5.53. The first-order valence-electron chi connectivity index (χ1n) is 3.54. The summed E-state index contributed by atoms with van der Waals surface area (Å²) in [6.07, 6.45) is 0. The molecule has 1 aromatic rings.